The Hall–Kier alpha value is -1.38. The van der Waals surface area contributed by atoms with Crippen LogP contribution in [-0.4, -0.2) is 25.3 Å². The largest absolute Gasteiger partial charge is 0.244 e. The molecule has 1 aliphatic heterocycles. The Morgan fingerprint density at radius 2 is 1.90 bits per heavy atom. The summed E-state index contributed by atoms with van der Waals surface area (Å²) in [4.78, 5) is 0.162. The van der Waals surface area contributed by atoms with E-state index in [4.69, 9.17) is 5.26 Å². The van der Waals surface area contributed by atoms with Crippen molar-refractivity contribution in [3.63, 3.8) is 0 Å². The van der Waals surface area contributed by atoms with Gasteiger partial charge in [0.2, 0.25) is 10.0 Å². The van der Waals surface area contributed by atoms with E-state index in [9.17, 15) is 8.42 Å². The van der Waals surface area contributed by atoms with E-state index >= 15 is 0 Å². The van der Waals surface area contributed by atoms with E-state index in [1.54, 1.807) is 28.6 Å². The Balaban J connectivity index is 2.01. The molecular weight excluding hydrogens is 272 g/mol. The van der Waals surface area contributed by atoms with Gasteiger partial charge < -0.3 is 0 Å². The average Bonchev–Trinajstić information content (AvgIpc) is 2.95. The van der Waals surface area contributed by atoms with Crippen molar-refractivity contribution in [2.75, 3.05) is 6.54 Å². The Morgan fingerprint density at radius 3 is 2.70 bits per heavy atom. The van der Waals surface area contributed by atoms with E-state index in [1.807, 2.05) is 6.07 Å². The highest BCUT2D eigenvalue weighted by atomic mass is 32.2. The molecule has 106 valence electrons. The van der Waals surface area contributed by atoms with Crippen LogP contribution in [0.1, 0.15) is 37.7 Å². The lowest BCUT2D eigenvalue weighted by molar-refractivity contribution is 0.202. The van der Waals surface area contributed by atoms with Crippen LogP contribution in [0.3, 0.4) is 0 Å². The number of nitrogens with zero attached hydrogens (tertiary/aromatic N) is 2. The zero-order chi connectivity index (χ0) is 14.2. The normalized spacial score (nSPS) is 26.9. The first-order chi connectivity index (χ1) is 9.64. The van der Waals surface area contributed by atoms with E-state index in [-0.39, 0.29) is 16.5 Å². The number of nitriles is 1. The van der Waals surface area contributed by atoms with Gasteiger partial charge in [-0.05, 0) is 43.7 Å². The molecule has 5 heteroatoms. The van der Waals surface area contributed by atoms with Gasteiger partial charge >= 0.3 is 0 Å². The van der Waals surface area contributed by atoms with Crippen molar-refractivity contribution in [1.82, 2.24) is 4.31 Å². The summed E-state index contributed by atoms with van der Waals surface area (Å²) in [6, 6.07) is 8.64. The second kappa shape index (κ2) is 5.19. The van der Waals surface area contributed by atoms with Gasteiger partial charge in [-0.15, -0.1) is 0 Å². The van der Waals surface area contributed by atoms with Crippen LogP contribution in [0.15, 0.2) is 29.2 Å². The van der Waals surface area contributed by atoms with Gasteiger partial charge in [0.25, 0.3) is 0 Å². The van der Waals surface area contributed by atoms with E-state index in [1.165, 1.54) is 0 Å². The molecule has 0 aromatic heterocycles. The summed E-state index contributed by atoms with van der Waals surface area (Å²) in [5.74, 6) is 0.507. The Bertz CT molecular complexity index is 648. The minimum atomic E-state index is -3.55. The van der Waals surface area contributed by atoms with Crippen LogP contribution in [0.4, 0.5) is 0 Å². The molecule has 1 saturated carbocycles. The quantitative estimate of drug-likeness (QED) is 0.840. The van der Waals surface area contributed by atoms with Crippen molar-refractivity contribution in [3.8, 4) is 6.07 Å². The molecule has 2 atom stereocenters. The zero-order valence-electron chi connectivity index (χ0n) is 11.3. The fraction of sp³-hybridized carbons (Fsp3) is 0.533. The number of rotatable bonds is 2. The third kappa shape index (κ3) is 2.13. The number of fused-ring (bicyclic) bond motifs is 1. The highest BCUT2D eigenvalue weighted by molar-refractivity contribution is 7.89. The molecule has 3 rings (SSSR count). The second-order valence-electron chi connectivity index (χ2n) is 5.62. The molecule has 0 bridgehead atoms. The number of benzene rings is 1. The summed E-state index contributed by atoms with van der Waals surface area (Å²) >= 11 is 0. The lowest BCUT2D eigenvalue weighted by atomic mass is 9.94. The maximum absolute atomic E-state index is 12.9. The topological polar surface area (TPSA) is 61.2 Å². The van der Waals surface area contributed by atoms with E-state index < -0.39 is 10.0 Å². The minimum absolute atomic E-state index is 0.139. The molecule has 20 heavy (non-hydrogen) atoms. The van der Waals surface area contributed by atoms with Gasteiger partial charge in [0.1, 0.15) is 6.07 Å². The molecule has 1 aromatic rings. The van der Waals surface area contributed by atoms with Crippen LogP contribution < -0.4 is 0 Å². The Labute approximate surface area is 120 Å². The van der Waals surface area contributed by atoms with Crippen molar-refractivity contribution in [2.24, 2.45) is 5.92 Å². The number of piperidine rings is 1. The first-order valence-electron chi connectivity index (χ1n) is 7.15. The van der Waals surface area contributed by atoms with Gasteiger partial charge in [0.05, 0.1) is 10.5 Å². The minimum Gasteiger partial charge on any atom is -0.207 e. The lowest BCUT2D eigenvalue weighted by Crippen LogP contribution is -2.46. The third-order valence-electron chi connectivity index (χ3n) is 4.54. The van der Waals surface area contributed by atoms with E-state index in [2.05, 4.69) is 0 Å². The van der Waals surface area contributed by atoms with Gasteiger partial charge in [-0.2, -0.15) is 9.57 Å². The number of hydrogen-bond donors (Lipinski definition) is 0. The Morgan fingerprint density at radius 1 is 1.15 bits per heavy atom. The van der Waals surface area contributed by atoms with Crippen LogP contribution in [0.5, 0.6) is 0 Å². The first-order valence-corrected chi connectivity index (χ1v) is 8.59. The lowest BCUT2D eigenvalue weighted by Gasteiger charge is -2.36. The molecule has 0 amide bonds. The van der Waals surface area contributed by atoms with Crippen LogP contribution in [0.25, 0.3) is 0 Å². The molecule has 2 fully saturated rings. The maximum Gasteiger partial charge on any atom is 0.244 e. The number of hydrogen-bond acceptors (Lipinski definition) is 3. The van der Waals surface area contributed by atoms with Crippen molar-refractivity contribution in [1.29, 1.82) is 5.26 Å². The first kappa shape index (κ1) is 13.6. The number of sulfonamides is 1. The molecule has 1 heterocycles. The molecule has 2 unspecified atom stereocenters. The molecule has 1 saturated heterocycles. The van der Waals surface area contributed by atoms with Crippen molar-refractivity contribution in [2.45, 2.75) is 43.0 Å². The SMILES string of the molecule is N#Cc1ccccc1S(=O)(=O)N1CCCC2CCCC21. The molecular formula is C15H18N2O2S. The van der Waals surface area contributed by atoms with E-state index in [0.717, 1.165) is 32.1 Å². The Kier molecular flexibility index (Phi) is 3.53. The third-order valence-corrected chi connectivity index (χ3v) is 6.52. The van der Waals surface area contributed by atoms with Gasteiger partial charge in [-0.1, -0.05) is 18.6 Å². The zero-order valence-corrected chi connectivity index (χ0v) is 12.1. The second-order valence-corrected chi connectivity index (χ2v) is 7.48. The smallest absolute Gasteiger partial charge is 0.207 e. The predicted octanol–water partition coefficient (Wildman–Crippen LogP) is 2.51. The fourth-order valence-electron chi connectivity index (χ4n) is 3.62. The standard InChI is InChI=1S/C15H18N2O2S/c16-11-13-5-1-2-9-15(13)20(18,19)17-10-4-7-12-6-3-8-14(12)17/h1-2,5,9,12,14H,3-4,6-8,10H2. The van der Waals surface area contributed by atoms with Crippen molar-refractivity contribution in [3.05, 3.63) is 29.8 Å². The van der Waals surface area contributed by atoms with Gasteiger partial charge in [-0.25, -0.2) is 8.42 Å². The van der Waals surface area contributed by atoms with Crippen LogP contribution in [-0.2, 0) is 10.0 Å². The summed E-state index contributed by atoms with van der Waals surface area (Å²) in [6.07, 6.45) is 5.27. The monoisotopic (exact) mass is 290 g/mol. The van der Waals surface area contributed by atoms with Crippen LogP contribution in [0.2, 0.25) is 0 Å². The fourth-order valence-corrected chi connectivity index (χ4v) is 5.52. The summed E-state index contributed by atoms with van der Waals surface area (Å²) < 4.78 is 27.4. The molecule has 1 aromatic carbocycles. The van der Waals surface area contributed by atoms with E-state index in [0.29, 0.717) is 12.5 Å². The molecule has 0 radical (unpaired) electrons. The maximum atomic E-state index is 12.9. The molecule has 1 aliphatic carbocycles. The summed E-state index contributed by atoms with van der Waals surface area (Å²) in [5.41, 5.74) is 0.243. The molecule has 4 nitrogen and oxygen atoms in total. The van der Waals surface area contributed by atoms with Crippen LogP contribution >= 0.6 is 0 Å². The van der Waals surface area contributed by atoms with Gasteiger partial charge in [0.15, 0.2) is 0 Å². The summed E-state index contributed by atoms with van der Waals surface area (Å²) in [7, 11) is -3.55. The highest BCUT2D eigenvalue weighted by Crippen LogP contribution is 2.39. The summed E-state index contributed by atoms with van der Waals surface area (Å²) in [6.45, 7) is 0.587. The van der Waals surface area contributed by atoms with Gasteiger partial charge in [-0.3, -0.25) is 0 Å². The van der Waals surface area contributed by atoms with Crippen LogP contribution in [0, 0.1) is 17.2 Å². The summed E-state index contributed by atoms with van der Waals surface area (Å²) in [5, 5.41) is 9.13. The molecule has 2 aliphatic rings. The van der Waals surface area contributed by atoms with Crippen molar-refractivity contribution < 1.29 is 8.42 Å². The van der Waals surface area contributed by atoms with Gasteiger partial charge in [0, 0.05) is 12.6 Å². The van der Waals surface area contributed by atoms with Crippen molar-refractivity contribution >= 4 is 10.0 Å². The molecule has 0 N–H and O–H groups in total. The molecule has 0 spiro atoms. The average molecular weight is 290 g/mol. The predicted molar refractivity (Wildman–Crippen MR) is 75.4 cm³/mol. The highest BCUT2D eigenvalue weighted by Gasteiger charge is 2.41.